The smallest absolute Gasteiger partial charge is 0.335 e. The average molecular weight is 245 g/mol. The number of aromatic carboxylic acids is 1. The third kappa shape index (κ3) is 3.13. The number of sulfonamides is 1. The lowest BCUT2D eigenvalue weighted by atomic mass is 10.2. The lowest BCUT2D eigenvalue weighted by Crippen LogP contribution is -2.11. The van der Waals surface area contributed by atoms with Crippen LogP contribution in [0.15, 0.2) is 18.2 Å². The van der Waals surface area contributed by atoms with E-state index >= 15 is 0 Å². The second kappa shape index (κ2) is 4.40. The van der Waals surface area contributed by atoms with Crippen LogP contribution in [0.1, 0.15) is 10.4 Å². The molecule has 16 heavy (non-hydrogen) atoms. The molecule has 0 amide bonds. The van der Waals surface area contributed by atoms with Gasteiger partial charge in [-0.15, -0.1) is 0 Å². The first-order valence-corrected chi connectivity index (χ1v) is 6.12. The first-order valence-electron chi connectivity index (χ1n) is 4.22. The standard InChI is InChI=1S/C9H11NO5S/c1-15-8-5-6(9(11)12)3-4-7(8)10-16(2,13)14/h3-5,10H,1-2H3,(H,11,12). The SMILES string of the molecule is COc1cc(C(=O)O)ccc1NS(C)(=O)=O. The molecule has 0 bridgehead atoms. The maximum atomic E-state index is 11.0. The van der Waals surface area contributed by atoms with Gasteiger partial charge in [0.2, 0.25) is 10.0 Å². The van der Waals surface area contributed by atoms with Gasteiger partial charge >= 0.3 is 5.97 Å². The minimum atomic E-state index is -3.42. The Morgan fingerprint density at radius 1 is 1.44 bits per heavy atom. The van der Waals surface area contributed by atoms with Gasteiger partial charge in [-0.3, -0.25) is 4.72 Å². The normalized spacial score (nSPS) is 10.9. The van der Waals surface area contributed by atoms with E-state index in [4.69, 9.17) is 9.84 Å². The molecule has 1 rings (SSSR count). The molecule has 0 saturated heterocycles. The second-order valence-electron chi connectivity index (χ2n) is 3.09. The van der Waals surface area contributed by atoms with E-state index in [9.17, 15) is 13.2 Å². The Kier molecular flexibility index (Phi) is 3.38. The van der Waals surface area contributed by atoms with Crippen LogP contribution in [0, 0.1) is 0 Å². The Bertz CT molecular complexity index is 509. The molecule has 0 saturated carbocycles. The van der Waals surface area contributed by atoms with Crippen LogP contribution in [0.3, 0.4) is 0 Å². The van der Waals surface area contributed by atoms with Crippen LogP contribution in [0.25, 0.3) is 0 Å². The van der Waals surface area contributed by atoms with E-state index in [1.807, 2.05) is 0 Å². The van der Waals surface area contributed by atoms with Crippen LogP contribution in [0.5, 0.6) is 5.75 Å². The molecule has 0 aliphatic rings. The number of carboxylic acid groups (broad SMARTS) is 1. The molecule has 0 aliphatic carbocycles. The summed E-state index contributed by atoms with van der Waals surface area (Å²) in [6.45, 7) is 0. The van der Waals surface area contributed by atoms with E-state index in [2.05, 4.69) is 4.72 Å². The molecule has 6 nitrogen and oxygen atoms in total. The van der Waals surface area contributed by atoms with Gasteiger partial charge in [0.05, 0.1) is 24.6 Å². The van der Waals surface area contributed by atoms with Crippen molar-refractivity contribution in [3.63, 3.8) is 0 Å². The second-order valence-corrected chi connectivity index (χ2v) is 4.84. The van der Waals surface area contributed by atoms with Crippen molar-refractivity contribution >= 4 is 21.7 Å². The number of ether oxygens (including phenoxy) is 1. The molecule has 0 aliphatic heterocycles. The number of nitrogens with one attached hydrogen (secondary N) is 1. The van der Waals surface area contributed by atoms with Crippen molar-refractivity contribution in [2.45, 2.75) is 0 Å². The van der Waals surface area contributed by atoms with Gasteiger partial charge in [-0.2, -0.15) is 0 Å². The van der Waals surface area contributed by atoms with E-state index in [0.717, 1.165) is 6.26 Å². The van der Waals surface area contributed by atoms with Crippen molar-refractivity contribution < 1.29 is 23.1 Å². The Morgan fingerprint density at radius 3 is 2.50 bits per heavy atom. The maximum absolute atomic E-state index is 11.0. The summed E-state index contributed by atoms with van der Waals surface area (Å²) in [5, 5.41) is 8.73. The van der Waals surface area contributed by atoms with Gasteiger partial charge in [-0.1, -0.05) is 0 Å². The minimum absolute atomic E-state index is 0.0240. The highest BCUT2D eigenvalue weighted by atomic mass is 32.2. The summed E-state index contributed by atoms with van der Waals surface area (Å²) in [6.07, 6.45) is 0.998. The molecule has 0 atom stereocenters. The Hall–Kier alpha value is -1.76. The first-order chi connectivity index (χ1) is 7.33. The summed E-state index contributed by atoms with van der Waals surface area (Å²) in [7, 11) is -2.09. The number of methoxy groups -OCH3 is 1. The van der Waals surface area contributed by atoms with Crippen molar-refractivity contribution in [1.82, 2.24) is 0 Å². The molecule has 0 unspecified atom stereocenters. The molecule has 1 aromatic rings. The van der Waals surface area contributed by atoms with E-state index in [1.165, 1.54) is 25.3 Å². The van der Waals surface area contributed by atoms with Crippen LogP contribution in [0.4, 0.5) is 5.69 Å². The fourth-order valence-electron chi connectivity index (χ4n) is 1.11. The van der Waals surface area contributed by atoms with Gasteiger partial charge in [-0.25, -0.2) is 13.2 Å². The van der Waals surface area contributed by atoms with Gasteiger partial charge in [0.25, 0.3) is 0 Å². The molecular weight excluding hydrogens is 234 g/mol. The number of hydrogen-bond acceptors (Lipinski definition) is 4. The zero-order valence-corrected chi connectivity index (χ0v) is 9.54. The van der Waals surface area contributed by atoms with Crippen molar-refractivity contribution in [3.8, 4) is 5.75 Å². The van der Waals surface area contributed by atoms with E-state index in [1.54, 1.807) is 0 Å². The van der Waals surface area contributed by atoms with Crippen molar-refractivity contribution in [2.75, 3.05) is 18.1 Å². The van der Waals surface area contributed by atoms with Crippen LogP contribution >= 0.6 is 0 Å². The molecule has 0 spiro atoms. The maximum Gasteiger partial charge on any atom is 0.335 e. The Balaban J connectivity index is 3.17. The van der Waals surface area contributed by atoms with E-state index < -0.39 is 16.0 Å². The van der Waals surface area contributed by atoms with Crippen LogP contribution < -0.4 is 9.46 Å². The number of carboxylic acids is 1. The molecule has 0 aromatic heterocycles. The summed E-state index contributed by atoms with van der Waals surface area (Å²) in [4.78, 5) is 10.7. The molecule has 0 radical (unpaired) electrons. The van der Waals surface area contributed by atoms with Crippen molar-refractivity contribution in [1.29, 1.82) is 0 Å². The third-order valence-corrected chi connectivity index (χ3v) is 2.33. The van der Waals surface area contributed by atoms with Crippen molar-refractivity contribution in [3.05, 3.63) is 23.8 Å². The Morgan fingerprint density at radius 2 is 2.06 bits per heavy atom. The fraction of sp³-hybridized carbons (Fsp3) is 0.222. The van der Waals surface area contributed by atoms with Gasteiger partial charge < -0.3 is 9.84 Å². The number of benzene rings is 1. The van der Waals surface area contributed by atoms with Gasteiger partial charge in [-0.05, 0) is 18.2 Å². The zero-order chi connectivity index (χ0) is 12.3. The highest BCUT2D eigenvalue weighted by Crippen LogP contribution is 2.26. The number of carbonyl (C=O) groups is 1. The first kappa shape index (κ1) is 12.3. The van der Waals surface area contributed by atoms with Crippen LogP contribution in [-0.2, 0) is 10.0 Å². The molecule has 2 N–H and O–H groups in total. The summed E-state index contributed by atoms with van der Waals surface area (Å²) < 4.78 is 29.1. The molecular formula is C9H11NO5S. The van der Waals surface area contributed by atoms with Gasteiger partial charge in [0.1, 0.15) is 5.75 Å². The number of anilines is 1. The average Bonchev–Trinajstić information content (AvgIpc) is 2.15. The monoisotopic (exact) mass is 245 g/mol. The van der Waals surface area contributed by atoms with Crippen LogP contribution in [0.2, 0.25) is 0 Å². The lowest BCUT2D eigenvalue weighted by Gasteiger charge is -2.09. The fourth-order valence-corrected chi connectivity index (χ4v) is 1.68. The summed E-state index contributed by atoms with van der Waals surface area (Å²) in [6, 6.07) is 3.87. The summed E-state index contributed by atoms with van der Waals surface area (Å²) in [5.41, 5.74) is 0.228. The van der Waals surface area contributed by atoms with Crippen molar-refractivity contribution in [2.24, 2.45) is 0 Å². The summed E-state index contributed by atoms with van der Waals surface area (Å²) in [5.74, 6) is -0.950. The van der Waals surface area contributed by atoms with E-state index in [0.29, 0.717) is 0 Å². The summed E-state index contributed by atoms with van der Waals surface area (Å²) >= 11 is 0. The third-order valence-electron chi connectivity index (χ3n) is 1.74. The highest BCUT2D eigenvalue weighted by Gasteiger charge is 2.11. The molecule has 88 valence electrons. The minimum Gasteiger partial charge on any atom is -0.495 e. The largest absolute Gasteiger partial charge is 0.495 e. The number of hydrogen-bond donors (Lipinski definition) is 2. The Labute approximate surface area is 92.9 Å². The highest BCUT2D eigenvalue weighted by molar-refractivity contribution is 7.92. The topological polar surface area (TPSA) is 92.7 Å². The molecule has 7 heteroatoms. The van der Waals surface area contributed by atoms with Gasteiger partial charge in [0.15, 0.2) is 0 Å². The zero-order valence-electron chi connectivity index (χ0n) is 8.72. The van der Waals surface area contributed by atoms with E-state index in [-0.39, 0.29) is 17.0 Å². The lowest BCUT2D eigenvalue weighted by molar-refractivity contribution is 0.0696. The predicted octanol–water partition coefficient (Wildman–Crippen LogP) is 0.765. The van der Waals surface area contributed by atoms with Gasteiger partial charge in [0, 0.05) is 0 Å². The number of rotatable bonds is 4. The molecule has 0 heterocycles. The van der Waals surface area contributed by atoms with Crippen LogP contribution in [-0.4, -0.2) is 32.9 Å². The molecule has 1 aromatic carbocycles. The molecule has 0 fully saturated rings. The quantitative estimate of drug-likeness (QED) is 0.817. The predicted molar refractivity (Wildman–Crippen MR) is 58.4 cm³/mol.